The molecule has 0 saturated heterocycles. The Morgan fingerprint density at radius 3 is 2.83 bits per heavy atom. The van der Waals surface area contributed by atoms with Gasteiger partial charge >= 0.3 is 0 Å². The monoisotopic (exact) mass is 261 g/mol. The van der Waals surface area contributed by atoms with E-state index in [4.69, 9.17) is 0 Å². The van der Waals surface area contributed by atoms with Crippen LogP contribution < -0.4 is 5.32 Å². The predicted octanol–water partition coefficient (Wildman–Crippen LogP) is 3.06. The molecule has 0 aliphatic heterocycles. The Bertz CT molecular complexity index is 493. The molecule has 1 aromatic carbocycles. The summed E-state index contributed by atoms with van der Waals surface area (Å²) in [6, 6.07) is 8.33. The number of benzene rings is 1. The van der Waals surface area contributed by atoms with Crippen LogP contribution in [0, 0.1) is 6.92 Å². The highest BCUT2D eigenvalue weighted by Crippen LogP contribution is 2.26. The summed E-state index contributed by atoms with van der Waals surface area (Å²) in [6.07, 6.45) is 2.13. The number of hydrogen-bond donors (Lipinski definition) is 1. The number of hydrogen-bond acceptors (Lipinski definition) is 4. The number of aromatic nitrogens is 2. The summed E-state index contributed by atoms with van der Waals surface area (Å²) < 4.78 is 0. The van der Waals surface area contributed by atoms with E-state index >= 15 is 0 Å². The molecule has 1 N–H and O–H groups in total. The average Bonchev–Trinajstić information content (AvgIpc) is 2.84. The van der Waals surface area contributed by atoms with E-state index in [2.05, 4.69) is 53.6 Å². The minimum Gasteiger partial charge on any atom is -0.317 e. The van der Waals surface area contributed by atoms with Crippen molar-refractivity contribution in [2.24, 2.45) is 0 Å². The second-order valence-electron chi connectivity index (χ2n) is 4.27. The van der Waals surface area contributed by atoms with Crippen molar-refractivity contribution in [2.45, 2.75) is 26.7 Å². The van der Waals surface area contributed by atoms with Crippen LogP contribution >= 0.6 is 11.3 Å². The van der Waals surface area contributed by atoms with Gasteiger partial charge in [-0.1, -0.05) is 42.5 Å². The van der Waals surface area contributed by atoms with Gasteiger partial charge in [-0.15, -0.1) is 10.2 Å². The molecule has 0 saturated carbocycles. The van der Waals surface area contributed by atoms with Crippen LogP contribution in [0.25, 0.3) is 10.6 Å². The third-order valence-corrected chi connectivity index (χ3v) is 3.85. The average molecular weight is 261 g/mol. The van der Waals surface area contributed by atoms with Crippen molar-refractivity contribution < 1.29 is 0 Å². The van der Waals surface area contributed by atoms with E-state index in [0.717, 1.165) is 35.9 Å². The van der Waals surface area contributed by atoms with Crippen LogP contribution in [0.2, 0.25) is 0 Å². The van der Waals surface area contributed by atoms with Gasteiger partial charge in [-0.05, 0) is 32.0 Å². The van der Waals surface area contributed by atoms with E-state index in [-0.39, 0.29) is 0 Å². The third kappa shape index (κ3) is 3.37. The van der Waals surface area contributed by atoms with Gasteiger partial charge in [0.2, 0.25) is 0 Å². The van der Waals surface area contributed by atoms with Gasteiger partial charge < -0.3 is 5.32 Å². The predicted molar refractivity (Wildman–Crippen MR) is 76.9 cm³/mol. The lowest BCUT2D eigenvalue weighted by molar-refractivity contribution is 0.669. The van der Waals surface area contributed by atoms with Crippen LogP contribution in [0.5, 0.6) is 0 Å². The van der Waals surface area contributed by atoms with E-state index in [1.165, 1.54) is 11.1 Å². The van der Waals surface area contributed by atoms with Gasteiger partial charge in [0, 0.05) is 12.0 Å². The fourth-order valence-electron chi connectivity index (χ4n) is 1.82. The van der Waals surface area contributed by atoms with Crippen molar-refractivity contribution in [3.8, 4) is 10.6 Å². The number of nitrogens with one attached hydrogen (secondary N) is 1. The first kappa shape index (κ1) is 13.2. The molecule has 0 aliphatic rings. The molecule has 0 unspecified atom stereocenters. The van der Waals surface area contributed by atoms with Gasteiger partial charge in [0.25, 0.3) is 0 Å². The highest BCUT2D eigenvalue weighted by atomic mass is 32.1. The topological polar surface area (TPSA) is 37.8 Å². The van der Waals surface area contributed by atoms with Crippen LogP contribution in [0.1, 0.15) is 23.9 Å². The Morgan fingerprint density at radius 2 is 2.06 bits per heavy atom. The fraction of sp³-hybridized carbons (Fsp3) is 0.429. The van der Waals surface area contributed by atoms with E-state index in [1.54, 1.807) is 11.3 Å². The molecule has 0 atom stereocenters. The number of aryl methyl sites for hydroxylation is 2. The summed E-state index contributed by atoms with van der Waals surface area (Å²) in [5.41, 5.74) is 2.46. The molecule has 0 aliphatic carbocycles. The molecule has 96 valence electrons. The van der Waals surface area contributed by atoms with Crippen LogP contribution in [-0.2, 0) is 6.42 Å². The molecule has 0 fully saturated rings. The summed E-state index contributed by atoms with van der Waals surface area (Å²) in [5, 5.41) is 14.1. The molecule has 3 nitrogen and oxygen atoms in total. The highest BCUT2D eigenvalue weighted by molar-refractivity contribution is 7.14. The summed E-state index contributed by atoms with van der Waals surface area (Å²) in [7, 11) is 0. The van der Waals surface area contributed by atoms with E-state index < -0.39 is 0 Å². The molecular weight excluding hydrogens is 242 g/mol. The van der Waals surface area contributed by atoms with Crippen molar-refractivity contribution >= 4 is 11.3 Å². The van der Waals surface area contributed by atoms with E-state index in [0.29, 0.717) is 0 Å². The van der Waals surface area contributed by atoms with Crippen LogP contribution in [0.15, 0.2) is 24.3 Å². The molecule has 2 aromatic rings. The summed E-state index contributed by atoms with van der Waals surface area (Å²) in [5.74, 6) is 0. The zero-order chi connectivity index (χ0) is 12.8. The first-order chi connectivity index (χ1) is 8.81. The first-order valence-corrected chi connectivity index (χ1v) is 7.22. The SMILES string of the molecule is CCNCCCc1nnc(-c2ccccc2C)s1. The molecule has 2 rings (SSSR count). The largest absolute Gasteiger partial charge is 0.317 e. The summed E-state index contributed by atoms with van der Waals surface area (Å²) in [6.45, 7) is 6.32. The maximum Gasteiger partial charge on any atom is 0.148 e. The Labute approximate surface area is 112 Å². The Morgan fingerprint density at radius 1 is 1.22 bits per heavy atom. The lowest BCUT2D eigenvalue weighted by atomic mass is 10.1. The third-order valence-electron chi connectivity index (χ3n) is 2.84. The second kappa shape index (κ2) is 6.61. The number of rotatable bonds is 6. The maximum absolute atomic E-state index is 4.29. The van der Waals surface area contributed by atoms with Crippen molar-refractivity contribution in [1.29, 1.82) is 0 Å². The zero-order valence-electron chi connectivity index (χ0n) is 10.9. The van der Waals surface area contributed by atoms with Gasteiger partial charge in [0.1, 0.15) is 10.0 Å². The Hall–Kier alpha value is -1.26. The van der Waals surface area contributed by atoms with Gasteiger partial charge in [-0.25, -0.2) is 0 Å². The summed E-state index contributed by atoms with van der Waals surface area (Å²) >= 11 is 1.71. The highest BCUT2D eigenvalue weighted by Gasteiger charge is 2.08. The van der Waals surface area contributed by atoms with Crippen LogP contribution in [0.3, 0.4) is 0 Å². The van der Waals surface area contributed by atoms with Crippen LogP contribution in [0.4, 0.5) is 0 Å². The molecule has 0 bridgehead atoms. The molecule has 0 radical (unpaired) electrons. The molecule has 18 heavy (non-hydrogen) atoms. The van der Waals surface area contributed by atoms with Crippen molar-refractivity contribution in [1.82, 2.24) is 15.5 Å². The minimum atomic E-state index is 1.01. The first-order valence-electron chi connectivity index (χ1n) is 6.40. The van der Waals surface area contributed by atoms with E-state index in [1.807, 2.05) is 0 Å². The van der Waals surface area contributed by atoms with Crippen molar-refractivity contribution in [3.05, 3.63) is 34.8 Å². The molecule has 0 spiro atoms. The number of nitrogens with zero attached hydrogens (tertiary/aromatic N) is 2. The van der Waals surface area contributed by atoms with Crippen molar-refractivity contribution in [2.75, 3.05) is 13.1 Å². The standard InChI is InChI=1S/C14H19N3S/c1-3-15-10-6-9-13-16-17-14(18-13)12-8-5-4-7-11(12)2/h4-5,7-8,15H,3,6,9-10H2,1-2H3. The maximum atomic E-state index is 4.29. The summed E-state index contributed by atoms with van der Waals surface area (Å²) in [4.78, 5) is 0. The lowest BCUT2D eigenvalue weighted by Gasteiger charge is -1.99. The van der Waals surface area contributed by atoms with Crippen LogP contribution in [-0.4, -0.2) is 23.3 Å². The fourth-order valence-corrected chi connectivity index (χ4v) is 2.79. The molecular formula is C14H19N3S. The molecule has 1 heterocycles. The van der Waals surface area contributed by atoms with Gasteiger partial charge in [-0.2, -0.15) is 0 Å². The van der Waals surface area contributed by atoms with Gasteiger partial charge in [0.15, 0.2) is 0 Å². The minimum absolute atomic E-state index is 1.01. The molecule has 1 aromatic heterocycles. The van der Waals surface area contributed by atoms with Crippen molar-refractivity contribution in [3.63, 3.8) is 0 Å². The smallest absolute Gasteiger partial charge is 0.148 e. The van der Waals surface area contributed by atoms with Gasteiger partial charge in [-0.3, -0.25) is 0 Å². The second-order valence-corrected chi connectivity index (χ2v) is 5.34. The molecule has 4 heteroatoms. The van der Waals surface area contributed by atoms with E-state index in [9.17, 15) is 0 Å². The quantitative estimate of drug-likeness (QED) is 0.812. The molecule has 0 amide bonds. The normalized spacial score (nSPS) is 10.8. The Balaban J connectivity index is 2.00. The zero-order valence-corrected chi connectivity index (χ0v) is 11.8. The lowest BCUT2D eigenvalue weighted by Crippen LogP contribution is -2.14. The van der Waals surface area contributed by atoms with Gasteiger partial charge in [0.05, 0.1) is 0 Å². The Kier molecular flexibility index (Phi) is 4.84.